The zero-order chi connectivity index (χ0) is 19.2. The maximum absolute atomic E-state index is 3.00. The smallest absolute Gasteiger partial charge is 0.0236 e. The lowest BCUT2D eigenvalue weighted by Gasteiger charge is -2.56. The molecule has 1 nitrogen and oxygen atoms in total. The number of nitrogens with zero attached hydrogens (tertiary/aromatic N) is 1. The van der Waals surface area contributed by atoms with Crippen molar-refractivity contribution in [2.45, 2.75) is 102 Å². The number of hydrogen-bond donors (Lipinski definition) is 0. The van der Waals surface area contributed by atoms with E-state index in [-0.39, 0.29) is 0 Å². The summed E-state index contributed by atoms with van der Waals surface area (Å²) in [7, 11) is 0. The molecule has 4 bridgehead atoms. The van der Waals surface area contributed by atoms with E-state index in [1.165, 1.54) is 70.9 Å². The molecule has 6 aliphatic carbocycles. The van der Waals surface area contributed by atoms with Crippen molar-refractivity contribution in [3.8, 4) is 0 Å². The fourth-order valence-corrected chi connectivity index (χ4v) is 8.52. The molecule has 0 radical (unpaired) electrons. The van der Waals surface area contributed by atoms with E-state index in [2.05, 4.69) is 23.1 Å². The van der Waals surface area contributed by atoms with E-state index < -0.39 is 0 Å². The van der Waals surface area contributed by atoms with Crippen molar-refractivity contribution >= 4 is 0 Å². The van der Waals surface area contributed by atoms with Gasteiger partial charge >= 0.3 is 0 Å². The van der Waals surface area contributed by atoms with Crippen LogP contribution in [0.5, 0.6) is 0 Å². The highest BCUT2D eigenvalue weighted by atomic mass is 15.2. The molecule has 29 heavy (non-hydrogen) atoms. The maximum atomic E-state index is 3.00. The minimum Gasteiger partial charge on any atom is -0.296 e. The van der Waals surface area contributed by atoms with Gasteiger partial charge in [0.05, 0.1) is 0 Å². The Morgan fingerprint density at radius 2 is 1.41 bits per heavy atom. The largest absolute Gasteiger partial charge is 0.296 e. The van der Waals surface area contributed by atoms with Gasteiger partial charge in [0.2, 0.25) is 0 Å². The average Bonchev–Trinajstić information content (AvgIpc) is 2.75. The molecule has 158 valence electrons. The molecule has 1 heteroatoms. The van der Waals surface area contributed by atoms with Crippen molar-refractivity contribution in [3.63, 3.8) is 0 Å². The molecule has 0 heterocycles. The third-order valence-corrected chi connectivity index (χ3v) is 9.76. The first-order chi connectivity index (χ1) is 14.3. The molecule has 6 aliphatic rings. The Hall–Kier alpha value is -0.820. The lowest BCUT2D eigenvalue weighted by molar-refractivity contribution is -0.0565. The summed E-state index contributed by atoms with van der Waals surface area (Å²) in [5.74, 6) is 5.37. The highest BCUT2D eigenvalue weighted by Crippen LogP contribution is 2.56. The molecule has 0 N–H and O–H groups in total. The first-order valence-electron chi connectivity index (χ1n) is 13.2. The standard InChI is InChI=1S/C28H41N/c1-2-8-27(9-3-1)29(18-20-10-11-23-6-4-5-7-24(23)13-20)19-28-25-14-21-12-22(16-25)17-26(28)15-21/h10-11,13,21-22,25-28H,1-9,12,14-19H2. The average molecular weight is 392 g/mol. The van der Waals surface area contributed by atoms with Gasteiger partial charge in [-0.1, -0.05) is 37.5 Å². The van der Waals surface area contributed by atoms with Crippen LogP contribution in [0.15, 0.2) is 18.2 Å². The highest BCUT2D eigenvalue weighted by molar-refractivity contribution is 5.33. The van der Waals surface area contributed by atoms with Crippen LogP contribution >= 0.6 is 0 Å². The zero-order valence-electron chi connectivity index (χ0n) is 18.5. The predicted octanol–water partition coefficient (Wildman–Crippen LogP) is 6.77. The minimum atomic E-state index is 0.858. The number of benzene rings is 1. The van der Waals surface area contributed by atoms with E-state index in [0.717, 1.165) is 35.6 Å². The Morgan fingerprint density at radius 3 is 2.14 bits per heavy atom. The molecule has 5 fully saturated rings. The third-order valence-electron chi connectivity index (χ3n) is 9.76. The van der Waals surface area contributed by atoms with Crippen molar-refractivity contribution in [2.75, 3.05) is 6.54 Å². The predicted molar refractivity (Wildman–Crippen MR) is 121 cm³/mol. The van der Waals surface area contributed by atoms with E-state index in [9.17, 15) is 0 Å². The molecule has 0 atom stereocenters. The van der Waals surface area contributed by atoms with Crippen LogP contribution in [-0.4, -0.2) is 17.5 Å². The van der Waals surface area contributed by atoms with Crippen LogP contribution < -0.4 is 0 Å². The van der Waals surface area contributed by atoms with Gasteiger partial charge in [0.1, 0.15) is 0 Å². The van der Waals surface area contributed by atoms with Gasteiger partial charge in [-0.3, -0.25) is 4.90 Å². The number of rotatable bonds is 5. The Kier molecular flexibility index (Phi) is 5.23. The van der Waals surface area contributed by atoms with Crippen molar-refractivity contribution in [1.29, 1.82) is 0 Å². The Morgan fingerprint density at radius 1 is 0.724 bits per heavy atom. The van der Waals surface area contributed by atoms with Crippen LogP contribution in [0.1, 0.15) is 93.7 Å². The molecule has 0 aromatic heterocycles. The second-order valence-electron chi connectivity index (χ2n) is 11.6. The molecule has 0 aliphatic heterocycles. The van der Waals surface area contributed by atoms with Crippen molar-refractivity contribution < 1.29 is 0 Å². The summed E-state index contributed by atoms with van der Waals surface area (Å²) < 4.78 is 0. The molecule has 5 saturated carbocycles. The summed E-state index contributed by atoms with van der Waals surface area (Å²) in [4.78, 5) is 3.00. The highest BCUT2D eigenvalue weighted by Gasteiger charge is 2.48. The van der Waals surface area contributed by atoms with Gasteiger partial charge < -0.3 is 0 Å². The quantitative estimate of drug-likeness (QED) is 0.535. The molecule has 0 spiro atoms. The molecule has 1 aromatic carbocycles. The lowest BCUT2D eigenvalue weighted by atomic mass is 9.52. The summed E-state index contributed by atoms with van der Waals surface area (Å²) in [5.41, 5.74) is 4.93. The molecular weight excluding hydrogens is 350 g/mol. The minimum absolute atomic E-state index is 0.858. The van der Waals surface area contributed by atoms with E-state index in [0.29, 0.717) is 0 Å². The Balaban J connectivity index is 1.21. The summed E-state index contributed by atoms with van der Waals surface area (Å²) >= 11 is 0. The fraction of sp³-hybridized carbons (Fsp3) is 0.786. The Labute approximate surface area is 178 Å². The van der Waals surface area contributed by atoms with Crippen molar-refractivity contribution in [2.24, 2.45) is 29.6 Å². The van der Waals surface area contributed by atoms with Crippen LogP contribution in [0, 0.1) is 29.6 Å². The van der Waals surface area contributed by atoms with Crippen LogP contribution in [0.2, 0.25) is 0 Å². The molecule has 0 unspecified atom stereocenters. The van der Waals surface area contributed by atoms with Crippen molar-refractivity contribution in [3.05, 3.63) is 34.9 Å². The van der Waals surface area contributed by atoms with E-state index in [1.807, 2.05) is 0 Å². The summed E-state index contributed by atoms with van der Waals surface area (Å²) in [6.07, 6.45) is 20.6. The maximum Gasteiger partial charge on any atom is 0.0236 e. The molecule has 7 rings (SSSR count). The first kappa shape index (κ1) is 18.9. The number of fused-ring (bicyclic) bond motifs is 1. The summed E-state index contributed by atoms with van der Waals surface area (Å²) in [6, 6.07) is 8.42. The van der Waals surface area contributed by atoms with E-state index in [4.69, 9.17) is 0 Å². The van der Waals surface area contributed by atoms with Gasteiger partial charge in [-0.25, -0.2) is 0 Å². The topological polar surface area (TPSA) is 3.24 Å². The van der Waals surface area contributed by atoms with Crippen molar-refractivity contribution in [1.82, 2.24) is 4.90 Å². The third kappa shape index (κ3) is 3.82. The lowest BCUT2D eigenvalue weighted by Crippen LogP contribution is -2.50. The van der Waals surface area contributed by atoms with Gasteiger partial charge in [0.15, 0.2) is 0 Å². The summed E-state index contributed by atoms with van der Waals surface area (Å²) in [6.45, 7) is 2.64. The van der Waals surface area contributed by atoms with Gasteiger partial charge in [-0.15, -0.1) is 0 Å². The van der Waals surface area contributed by atoms with Crippen LogP contribution in [0.4, 0.5) is 0 Å². The first-order valence-corrected chi connectivity index (χ1v) is 13.2. The zero-order valence-corrected chi connectivity index (χ0v) is 18.5. The van der Waals surface area contributed by atoms with Crippen LogP contribution in [-0.2, 0) is 19.4 Å². The van der Waals surface area contributed by atoms with Gasteiger partial charge in [-0.05, 0) is 117 Å². The fourth-order valence-electron chi connectivity index (χ4n) is 8.52. The second kappa shape index (κ2) is 8.03. The van der Waals surface area contributed by atoms with E-state index in [1.54, 1.807) is 48.8 Å². The van der Waals surface area contributed by atoms with Gasteiger partial charge in [-0.2, -0.15) is 0 Å². The monoisotopic (exact) mass is 391 g/mol. The molecular formula is C28H41N. The SMILES string of the molecule is c1cc2c(cc1CN(CC1C3CC4CC(C3)CC1C4)C1CCCCC1)CCCC2. The summed E-state index contributed by atoms with van der Waals surface area (Å²) in [5, 5.41) is 0. The van der Waals surface area contributed by atoms with Gasteiger partial charge in [0, 0.05) is 19.1 Å². The number of hydrogen-bond acceptors (Lipinski definition) is 1. The normalized spacial score (nSPS) is 36.5. The van der Waals surface area contributed by atoms with Gasteiger partial charge in [0.25, 0.3) is 0 Å². The second-order valence-corrected chi connectivity index (χ2v) is 11.6. The molecule has 1 aromatic rings. The number of aryl methyl sites for hydroxylation is 2. The Bertz CT molecular complexity index is 687. The van der Waals surface area contributed by atoms with Crippen LogP contribution in [0.25, 0.3) is 0 Å². The molecule has 0 saturated heterocycles. The van der Waals surface area contributed by atoms with Crippen LogP contribution in [0.3, 0.4) is 0 Å². The molecule has 0 amide bonds. The van der Waals surface area contributed by atoms with E-state index >= 15 is 0 Å².